The lowest BCUT2D eigenvalue weighted by Crippen LogP contribution is -2.28. The summed E-state index contributed by atoms with van der Waals surface area (Å²) in [5.41, 5.74) is 2.46. The van der Waals surface area contributed by atoms with E-state index in [1.54, 1.807) is 11.2 Å². The summed E-state index contributed by atoms with van der Waals surface area (Å²) in [4.78, 5) is 13.8. The summed E-state index contributed by atoms with van der Waals surface area (Å²) in [5.74, 6) is 1.10. The third-order valence-electron chi connectivity index (χ3n) is 3.41. The Labute approximate surface area is 120 Å². The van der Waals surface area contributed by atoms with Gasteiger partial charge in [-0.25, -0.2) is 0 Å². The molecular weight excluding hydrogens is 250 g/mol. The minimum absolute atomic E-state index is 0.179. The lowest BCUT2D eigenvalue weighted by molar-refractivity contribution is -0.129. The van der Waals surface area contributed by atoms with Crippen molar-refractivity contribution in [3.8, 4) is 0 Å². The molecule has 2 aromatic rings. The third kappa shape index (κ3) is 4.26. The Morgan fingerprint density at radius 3 is 2.75 bits per heavy atom. The normalized spacial score (nSPS) is 10.5. The Balaban J connectivity index is 1.76. The van der Waals surface area contributed by atoms with Crippen LogP contribution in [0.3, 0.4) is 0 Å². The first-order chi connectivity index (χ1) is 9.65. The highest BCUT2D eigenvalue weighted by Gasteiger charge is 2.09. The van der Waals surface area contributed by atoms with Crippen LogP contribution in [0, 0.1) is 6.92 Å². The van der Waals surface area contributed by atoms with Crippen LogP contribution in [0.1, 0.15) is 23.3 Å². The van der Waals surface area contributed by atoms with Gasteiger partial charge in [0.25, 0.3) is 0 Å². The second-order valence-electron chi connectivity index (χ2n) is 5.13. The molecule has 0 bridgehead atoms. The maximum atomic E-state index is 12.1. The number of hydrogen-bond acceptors (Lipinski definition) is 2. The molecule has 0 saturated carbocycles. The molecule has 0 aliphatic heterocycles. The summed E-state index contributed by atoms with van der Waals surface area (Å²) in [6.07, 6.45) is 3.78. The summed E-state index contributed by atoms with van der Waals surface area (Å²) in [7, 11) is 1.85. The van der Waals surface area contributed by atoms with Gasteiger partial charge in [0, 0.05) is 26.4 Å². The van der Waals surface area contributed by atoms with Gasteiger partial charge in [0.2, 0.25) is 5.91 Å². The number of nitrogens with zero attached hydrogens (tertiary/aromatic N) is 1. The van der Waals surface area contributed by atoms with Crippen LogP contribution < -0.4 is 0 Å². The van der Waals surface area contributed by atoms with E-state index in [0.717, 1.165) is 18.6 Å². The second kappa shape index (κ2) is 6.94. The lowest BCUT2D eigenvalue weighted by Gasteiger charge is -2.16. The third-order valence-corrected chi connectivity index (χ3v) is 3.41. The molecular formula is C17H21NO2. The van der Waals surface area contributed by atoms with Gasteiger partial charge in [-0.15, -0.1) is 0 Å². The highest BCUT2D eigenvalue weighted by molar-refractivity contribution is 5.76. The molecule has 1 amide bonds. The molecule has 20 heavy (non-hydrogen) atoms. The van der Waals surface area contributed by atoms with Gasteiger partial charge in [0.15, 0.2) is 0 Å². The van der Waals surface area contributed by atoms with Crippen LogP contribution >= 0.6 is 0 Å². The van der Waals surface area contributed by atoms with E-state index in [1.807, 2.05) is 25.2 Å². The van der Waals surface area contributed by atoms with Crippen molar-refractivity contribution in [2.24, 2.45) is 0 Å². The van der Waals surface area contributed by atoms with Gasteiger partial charge in [0.1, 0.15) is 5.76 Å². The number of likely N-dealkylation sites (N-methyl/N-ethyl adjacent to an activating group) is 1. The van der Waals surface area contributed by atoms with E-state index >= 15 is 0 Å². The predicted molar refractivity (Wildman–Crippen MR) is 79.5 cm³/mol. The summed E-state index contributed by atoms with van der Waals surface area (Å²) < 4.78 is 5.27. The Morgan fingerprint density at radius 2 is 2.05 bits per heavy atom. The smallest absolute Gasteiger partial charge is 0.222 e. The van der Waals surface area contributed by atoms with E-state index in [0.29, 0.717) is 13.0 Å². The largest absolute Gasteiger partial charge is 0.469 e. The predicted octanol–water partition coefficient (Wildman–Crippen LogP) is 3.22. The van der Waals surface area contributed by atoms with Gasteiger partial charge in [-0.2, -0.15) is 0 Å². The fourth-order valence-corrected chi connectivity index (χ4v) is 2.17. The van der Waals surface area contributed by atoms with E-state index in [-0.39, 0.29) is 5.91 Å². The molecule has 3 nitrogen and oxygen atoms in total. The molecule has 0 radical (unpaired) electrons. The Hall–Kier alpha value is -2.03. The first-order valence-corrected chi connectivity index (χ1v) is 6.97. The molecule has 1 aromatic heterocycles. The molecule has 2 rings (SSSR count). The van der Waals surface area contributed by atoms with E-state index in [9.17, 15) is 4.79 Å². The van der Waals surface area contributed by atoms with Gasteiger partial charge >= 0.3 is 0 Å². The zero-order valence-corrected chi connectivity index (χ0v) is 12.1. The van der Waals surface area contributed by atoms with Crippen molar-refractivity contribution in [1.82, 2.24) is 4.90 Å². The molecule has 0 spiro atoms. The highest BCUT2D eigenvalue weighted by atomic mass is 16.3. The van der Waals surface area contributed by atoms with Gasteiger partial charge in [-0.1, -0.05) is 29.8 Å². The van der Waals surface area contributed by atoms with Crippen molar-refractivity contribution in [3.63, 3.8) is 0 Å². The Morgan fingerprint density at radius 1 is 1.20 bits per heavy atom. The van der Waals surface area contributed by atoms with Gasteiger partial charge in [-0.05, 0) is 31.0 Å². The van der Waals surface area contributed by atoms with Crippen LogP contribution in [0.2, 0.25) is 0 Å². The standard InChI is InChI=1S/C17H21NO2/c1-14-5-3-6-15(13-14)8-9-17(19)18(2)11-10-16-7-4-12-20-16/h3-7,12-13H,8-11H2,1-2H3. The first kappa shape index (κ1) is 14.4. The van der Waals surface area contributed by atoms with Crippen molar-refractivity contribution in [3.05, 3.63) is 59.5 Å². The van der Waals surface area contributed by atoms with Crippen LogP contribution in [-0.4, -0.2) is 24.4 Å². The quantitative estimate of drug-likeness (QED) is 0.808. The van der Waals surface area contributed by atoms with Crippen molar-refractivity contribution in [1.29, 1.82) is 0 Å². The molecule has 0 saturated heterocycles. The molecule has 106 valence electrons. The zero-order valence-electron chi connectivity index (χ0n) is 12.1. The maximum Gasteiger partial charge on any atom is 0.222 e. The van der Waals surface area contributed by atoms with E-state index in [4.69, 9.17) is 4.42 Å². The minimum Gasteiger partial charge on any atom is -0.469 e. The second-order valence-corrected chi connectivity index (χ2v) is 5.13. The lowest BCUT2D eigenvalue weighted by atomic mass is 10.1. The van der Waals surface area contributed by atoms with E-state index in [1.165, 1.54) is 11.1 Å². The first-order valence-electron chi connectivity index (χ1n) is 6.97. The summed E-state index contributed by atoms with van der Waals surface area (Å²) in [6.45, 7) is 2.76. The van der Waals surface area contributed by atoms with E-state index < -0.39 is 0 Å². The molecule has 0 atom stereocenters. The van der Waals surface area contributed by atoms with Crippen LogP contribution in [0.25, 0.3) is 0 Å². The summed E-state index contributed by atoms with van der Waals surface area (Å²) in [5, 5.41) is 0. The number of hydrogen-bond donors (Lipinski definition) is 0. The van der Waals surface area contributed by atoms with E-state index in [2.05, 4.69) is 25.1 Å². The molecule has 0 unspecified atom stereocenters. The monoisotopic (exact) mass is 271 g/mol. The SMILES string of the molecule is Cc1cccc(CCC(=O)N(C)CCc2ccco2)c1. The average molecular weight is 271 g/mol. The number of aryl methyl sites for hydroxylation is 2. The topological polar surface area (TPSA) is 33.5 Å². The maximum absolute atomic E-state index is 12.1. The number of carbonyl (C=O) groups excluding carboxylic acids is 1. The number of amides is 1. The van der Waals surface area contributed by atoms with Gasteiger partial charge in [0.05, 0.1) is 6.26 Å². The van der Waals surface area contributed by atoms with Gasteiger partial charge in [-0.3, -0.25) is 4.79 Å². The molecule has 1 heterocycles. The number of carbonyl (C=O) groups is 1. The van der Waals surface area contributed by atoms with Crippen LogP contribution in [0.4, 0.5) is 0 Å². The summed E-state index contributed by atoms with van der Waals surface area (Å²) in [6, 6.07) is 12.1. The van der Waals surface area contributed by atoms with Crippen LogP contribution in [0.15, 0.2) is 47.1 Å². The van der Waals surface area contributed by atoms with Crippen LogP contribution in [0.5, 0.6) is 0 Å². The number of furan rings is 1. The highest BCUT2D eigenvalue weighted by Crippen LogP contribution is 2.08. The minimum atomic E-state index is 0.179. The van der Waals surface area contributed by atoms with Crippen molar-refractivity contribution in [2.75, 3.05) is 13.6 Å². The molecule has 0 aliphatic rings. The average Bonchev–Trinajstić information content (AvgIpc) is 2.95. The fourth-order valence-electron chi connectivity index (χ4n) is 2.17. The fraction of sp³-hybridized carbons (Fsp3) is 0.353. The molecule has 3 heteroatoms. The van der Waals surface area contributed by atoms with Crippen molar-refractivity contribution < 1.29 is 9.21 Å². The molecule has 0 aliphatic carbocycles. The Bertz CT molecular complexity index is 546. The van der Waals surface area contributed by atoms with Gasteiger partial charge < -0.3 is 9.32 Å². The van der Waals surface area contributed by atoms with Crippen molar-refractivity contribution >= 4 is 5.91 Å². The molecule has 0 fully saturated rings. The van der Waals surface area contributed by atoms with Crippen LogP contribution in [-0.2, 0) is 17.6 Å². The molecule has 1 aromatic carbocycles. The Kier molecular flexibility index (Phi) is 4.99. The van der Waals surface area contributed by atoms with Crippen molar-refractivity contribution in [2.45, 2.75) is 26.2 Å². The zero-order chi connectivity index (χ0) is 14.4. The summed E-state index contributed by atoms with van der Waals surface area (Å²) >= 11 is 0. The number of rotatable bonds is 6. The number of benzene rings is 1. The molecule has 0 N–H and O–H groups in total.